The number of hydrogen-bond donors (Lipinski definition) is 8. The van der Waals surface area contributed by atoms with Gasteiger partial charge in [0.1, 0.15) is 24.4 Å². The Morgan fingerprint density at radius 2 is 2.00 bits per heavy atom. The van der Waals surface area contributed by atoms with Crippen molar-refractivity contribution in [2.75, 3.05) is 13.2 Å². The number of carbonyl (C=O) groups excluding carboxylic acids is 1. The average Bonchev–Trinajstić information content (AvgIpc) is 2.48. The Labute approximate surface area is 130 Å². The topological polar surface area (TPSA) is 197 Å². The highest BCUT2D eigenvalue weighted by Crippen LogP contribution is 2.32. The predicted molar refractivity (Wildman–Crippen MR) is 70.8 cm³/mol. The van der Waals surface area contributed by atoms with Crippen molar-refractivity contribution in [2.24, 2.45) is 0 Å². The Kier molecular flexibility index (Phi) is 6.04. The minimum Gasteiger partial charge on any atom is -0.477 e. The number of carbonyl (C=O) groups is 2. The van der Waals surface area contributed by atoms with E-state index >= 15 is 0 Å². The molecule has 0 bridgehead atoms. The van der Waals surface area contributed by atoms with Crippen molar-refractivity contribution in [3.8, 4) is 0 Å². The van der Waals surface area contributed by atoms with Gasteiger partial charge in [-0.25, -0.2) is 4.79 Å². The molecule has 1 saturated heterocycles. The number of carboxylic acids is 1. The predicted octanol–water partition coefficient (Wildman–Crippen LogP) is -4.51. The van der Waals surface area contributed by atoms with E-state index in [1.165, 1.54) is 0 Å². The molecule has 1 amide bonds. The molecule has 0 aliphatic carbocycles. The number of hydrogen-bond acceptors (Lipinski definition) is 9. The third-order valence-corrected chi connectivity index (χ3v) is 3.66. The summed E-state index contributed by atoms with van der Waals surface area (Å²) in [6, 6.07) is -1.44. The molecule has 1 aliphatic heterocycles. The third-order valence-electron chi connectivity index (χ3n) is 3.66. The highest BCUT2D eigenvalue weighted by molar-refractivity contribution is 5.78. The van der Waals surface area contributed by atoms with Crippen molar-refractivity contribution in [3.63, 3.8) is 0 Å². The van der Waals surface area contributed by atoms with Gasteiger partial charge in [0.25, 0.3) is 5.79 Å². The second kappa shape index (κ2) is 7.05. The number of ether oxygens (including phenoxy) is 1. The van der Waals surface area contributed by atoms with Crippen LogP contribution in [0.15, 0.2) is 0 Å². The first-order chi connectivity index (χ1) is 10.5. The smallest absolute Gasteiger partial charge is 0.364 e. The summed E-state index contributed by atoms with van der Waals surface area (Å²) in [5, 5.41) is 68.8. The van der Waals surface area contributed by atoms with Gasteiger partial charge in [-0.05, 0) is 6.92 Å². The first-order valence-electron chi connectivity index (χ1n) is 6.71. The molecule has 134 valence electrons. The second-order valence-electron chi connectivity index (χ2n) is 5.66. The summed E-state index contributed by atoms with van der Waals surface area (Å²) in [5.41, 5.74) is -2.18. The molecule has 1 fully saturated rings. The Morgan fingerprint density at radius 3 is 2.43 bits per heavy atom. The van der Waals surface area contributed by atoms with E-state index in [1.807, 2.05) is 0 Å². The maximum Gasteiger partial charge on any atom is 0.364 e. The fourth-order valence-corrected chi connectivity index (χ4v) is 2.23. The molecule has 0 aromatic carbocycles. The Bertz CT molecular complexity index is 455. The van der Waals surface area contributed by atoms with E-state index in [0.717, 1.165) is 6.92 Å². The summed E-state index contributed by atoms with van der Waals surface area (Å²) in [6.45, 7) is -0.894. The molecule has 11 heteroatoms. The van der Waals surface area contributed by atoms with Gasteiger partial charge in [-0.1, -0.05) is 0 Å². The van der Waals surface area contributed by atoms with Crippen molar-refractivity contribution in [2.45, 2.75) is 49.1 Å². The van der Waals surface area contributed by atoms with Gasteiger partial charge in [0, 0.05) is 6.42 Å². The molecule has 0 aromatic heterocycles. The second-order valence-corrected chi connectivity index (χ2v) is 5.66. The van der Waals surface area contributed by atoms with Crippen molar-refractivity contribution in [3.05, 3.63) is 0 Å². The highest BCUT2D eigenvalue weighted by atomic mass is 16.7. The summed E-state index contributed by atoms with van der Waals surface area (Å²) >= 11 is 0. The monoisotopic (exact) mass is 339 g/mol. The van der Waals surface area contributed by atoms with E-state index in [0.29, 0.717) is 0 Å². The molecule has 0 spiro atoms. The zero-order valence-electron chi connectivity index (χ0n) is 12.3. The van der Waals surface area contributed by atoms with Crippen molar-refractivity contribution >= 4 is 11.9 Å². The standard InChI is InChI=1S/C12H21NO10/c1-11(21,4-15)9(18)8-7(13-6(17)3-14)5(16)2-12(22,23-8)10(19)20/h5,7-9,14-16,18,21-22H,2-4H2,1H3,(H,13,17)(H,19,20)/t5-,7+,8+,9-,11+,12-/m0/s1. The van der Waals surface area contributed by atoms with E-state index < -0.39 is 67.3 Å². The summed E-state index contributed by atoms with van der Waals surface area (Å²) in [5.74, 6) is -5.67. The van der Waals surface area contributed by atoms with Crippen LogP contribution in [-0.4, -0.2) is 96.6 Å². The molecular formula is C12H21NO10. The number of rotatable bonds is 6. The van der Waals surface area contributed by atoms with Gasteiger partial charge in [-0.15, -0.1) is 0 Å². The van der Waals surface area contributed by atoms with Crippen molar-refractivity contribution in [1.82, 2.24) is 5.32 Å². The number of amides is 1. The van der Waals surface area contributed by atoms with Crippen LogP contribution >= 0.6 is 0 Å². The zero-order valence-corrected chi connectivity index (χ0v) is 12.3. The molecule has 0 saturated carbocycles. The zero-order chi connectivity index (χ0) is 18.0. The normalized spacial score (nSPS) is 35.2. The summed E-state index contributed by atoms with van der Waals surface area (Å²) < 4.78 is 4.89. The lowest BCUT2D eigenvalue weighted by atomic mass is 9.84. The van der Waals surface area contributed by atoms with Gasteiger partial charge in [0.05, 0.1) is 18.8 Å². The molecule has 0 radical (unpaired) electrons. The number of aliphatic hydroxyl groups excluding tert-OH is 4. The van der Waals surface area contributed by atoms with Crippen LogP contribution < -0.4 is 5.32 Å². The van der Waals surface area contributed by atoms with Crippen molar-refractivity contribution < 1.29 is 50.1 Å². The number of nitrogens with one attached hydrogen (secondary N) is 1. The lowest BCUT2D eigenvalue weighted by Crippen LogP contribution is -2.69. The van der Waals surface area contributed by atoms with Gasteiger partial charge in [-0.2, -0.15) is 0 Å². The molecule has 1 aliphatic rings. The Morgan fingerprint density at radius 1 is 1.43 bits per heavy atom. The van der Waals surface area contributed by atoms with Gasteiger partial charge >= 0.3 is 5.97 Å². The first kappa shape index (κ1) is 19.7. The van der Waals surface area contributed by atoms with E-state index in [-0.39, 0.29) is 0 Å². The van der Waals surface area contributed by atoms with E-state index in [1.54, 1.807) is 0 Å². The fraction of sp³-hybridized carbons (Fsp3) is 0.833. The molecule has 0 unspecified atom stereocenters. The Balaban J connectivity index is 3.17. The van der Waals surface area contributed by atoms with Crippen LogP contribution in [-0.2, 0) is 14.3 Å². The molecule has 6 atom stereocenters. The molecular weight excluding hydrogens is 318 g/mol. The van der Waals surface area contributed by atoms with Gasteiger partial charge in [-0.3, -0.25) is 4.79 Å². The number of aliphatic hydroxyl groups is 6. The SMILES string of the molecule is C[C@@](O)(CO)[C@@H](O)[C@@H]1O[C@](O)(C(=O)O)C[C@H](O)[C@H]1NC(=O)CO. The summed E-state index contributed by atoms with van der Waals surface area (Å²) in [6.07, 6.45) is -6.26. The van der Waals surface area contributed by atoms with Crippen LogP contribution in [0.1, 0.15) is 13.3 Å². The lowest BCUT2D eigenvalue weighted by Gasteiger charge is -2.46. The van der Waals surface area contributed by atoms with Gasteiger partial charge < -0.3 is 45.8 Å². The van der Waals surface area contributed by atoms with Crippen LogP contribution in [0.2, 0.25) is 0 Å². The van der Waals surface area contributed by atoms with Gasteiger partial charge in [0.15, 0.2) is 0 Å². The van der Waals surface area contributed by atoms with Crippen LogP contribution in [0.5, 0.6) is 0 Å². The maximum absolute atomic E-state index is 11.3. The van der Waals surface area contributed by atoms with E-state index in [2.05, 4.69) is 5.32 Å². The van der Waals surface area contributed by atoms with Crippen LogP contribution in [0.4, 0.5) is 0 Å². The minimum absolute atomic E-state index is 0.830. The average molecular weight is 339 g/mol. The van der Waals surface area contributed by atoms with Crippen LogP contribution in [0.25, 0.3) is 0 Å². The number of carboxylic acid groups (broad SMARTS) is 1. The maximum atomic E-state index is 11.3. The van der Waals surface area contributed by atoms with E-state index in [4.69, 9.17) is 20.1 Å². The first-order valence-corrected chi connectivity index (χ1v) is 6.71. The summed E-state index contributed by atoms with van der Waals surface area (Å²) in [7, 11) is 0. The summed E-state index contributed by atoms with van der Waals surface area (Å²) in [4.78, 5) is 22.4. The van der Waals surface area contributed by atoms with Crippen molar-refractivity contribution in [1.29, 1.82) is 0 Å². The van der Waals surface area contributed by atoms with E-state index in [9.17, 15) is 30.0 Å². The largest absolute Gasteiger partial charge is 0.477 e. The van der Waals surface area contributed by atoms with Crippen LogP contribution in [0, 0.1) is 0 Å². The third kappa shape index (κ3) is 4.14. The molecule has 0 aromatic rings. The van der Waals surface area contributed by atoms with Crippen LogP contribution in [0.3, 0.4) is 0 Å². The van der Waals surface area contributed by atoms with Gasteiger partial charge in [0.2, 0.25) is 5.91 Å². The quantitative estimate of drug-likeness (QED) is 0.233. The molecule has 1 heterocycles. The lowest BCUT2D eigenvalue weighted by molar-refractivity contribution is -0.301. The highest BCUT2D eigenvalue weighted by Gasteiger charge is 2.55. The molecule has 23 heavy (non-hydrogen) atoms. The minimum atomic E-state index is -2.86. The molecule has 1 rings (SSSR count). The molecule has 11 nitrogen and oxygen atoms in total. The molecule has 8 N–H and O–H groups in total. The number of aliphatic carboxylic acids is 1. The fourth-order valence-electron chi connectivity index (χ4n) is 2.23. The Hall–Kier alpha value is -1.34.